The molecule has 0 saturated heterocycles. The van der Waals surface area contributed by atoms with Gasteiger partial charge in [-0.25, -0.2) is 18.4 Å². The van der Waals surface area contributed by atoms with E-state index >= 15 is 0 Å². The van der Waals surface area contributed by atoms with Crippen LogP contribution in [-0.2, 0) is 14.8 Å². The van der Waals surface area contributed by atoms with E-state index in [4.69, 9.17) is 9.88 Å². The van der Waals surface area contributed by atoms with Crippen LogP contribution in [0.3, 0.4) is 0 Å². The van der Waals surface area contributed by atoms with Gasteiger partial charge in [0.05, 0.1) is 11.4 Å². The number of nitrogens with two attached hydrogens (primary N) is 1. The molecule has 7 heteroatoms. The molecule has 3 N–H and O–H groups in total. The lowest BCUT2D eigenvalue weighted by atomic mass is 9.98. The van der Waals surface area contributed by atoms with Crippen LogP contribution in [0.25, 0.3) is 11.1 Å². The van der Waals surface area contributed by atoms with Crippen LogP contribution >= 0.6 is 0 Å². The van der Waals surface area contributed by atoms with E-state index in [9.17, 15) is 13.2 Å². The van der Waals surface area contributed by atoms with E-state index in [1.54, 1.807) is 12.1 Å². The summed E-state index contributed by atoms with van der Waals surface area (Å²) in [7, 11) is -3.78. The Kier molecular flexibility index (Phi) is 5.76. The number of primary sulfonamides is 1. The quantitative estimate of drug-likeness (QED) is 0.619. The van der Waals surface area contributed by atoms with Crippen molar-refractivity contribution in [2.24, 2.45) is 5.14 Å². The van der Waals surface area contributed by atoms with Crippen molar-refractivity contribution in [3.8, 4) is 23.0 Å². The van der Waals surface area contributed by atoms with Crippen molar-refractivity contribution < 1.29 is 17.9 Å². The number of benzene rings is 3. The molecule has 31 heavy (non-hydrogen) atoms. The number of rotatable bonds is 4. The number of fused-ring (bicyclic) bond motifs is 3. The van der Waals surface area contributed by atoms with Crippen molar-refractivity contribution in [2.75, 3.05) is 13.2 Å². The topological polar surface area (TPSA) is 98.5 Å². The highest BCUT2D eigenvalue weighted by molar-refractivity contribution is 7.89. The first-order chi connectivity index (χ1) is 14.9. The van der Waals surface area contributed by atoms with Crippen LogP contribution in [0.4, 0.5) is 4.79 Å². The fourth-order valence-corrected chi connectivity index (χ4v) is 4.22. The molecule has 3 aromatic rings. The van der Waals surface area contributed by atoms with Gasteiger partial charge in [0.15, 0.2) is 0 Å². The second-order valence-corrected chi connectivity index (χ2v) is 8.62. The smallest absolute Gasteiger partial charge is 0.407 e. The van der Waals surface area contributed by atoms with E-state index in [1.807, 2.05) is 24.3 Å². The van der Waals surface area contributed by atoms with Gasteiger partial charge in [-0.1, -0.05) is 66.4 Å². The molecule has 4 rings (SSSR count). The maximum absolute atomic E-state index is 12.1. The largest absolute Gasteiger partial charge is 0.449 e. The lowest BCUT2D eigenvalue weighted by Crippen LogP contribution is -2.26. The van der Waals surface area contributed by atoms with E-state index in [2.05, 4.69) is 41.4 Å². The third kappa shape index (κ3) is 4.61. The zero-order valence-electron chi connectivity index (χ0n) is 16.5. The van der Waals surface area contributed by atoms with Crippen molar-refractivity contribution in [3.05, 3.63) is 89.5 Å². The summed E-state index contributed by atoms with van der Waals surface area (Å²) in [6.07, 6.45) is -0.561. The van der Waals surface area contributed by atoms with Gasteiger partial charge in [-0.05, 0) is 40.5 Å². The SMILES string of the molecule is NS(=O)(=O)c1cccc(C#CCNC(=O)OCC2c3ccccc3-c3ccccc32)c1. The predicted octanol–water partition coefficient (Wildman–Crippen LogP) is 3.22. The minimum atomic E-state index is -3.78. The Morgan fingerprint density at radius 1 is 0.968 bits per heavy atom. The Morgan fingerprint density at radius 2 is 1.61 bits per heavy atom. The number of amides is 1. The summed E-state index contributed by atoms with van der Waals surface area (Å²) in [6.45, 7) is 0.292. The van der Waals surface area contributed by atoms with Crippen molar-refractivity contribution >= 4 is 16.1 Å². The van der Waals surface area contributed by atoms with Gasteiger partial charge in [-0.15, -0.1) is 0 Å². The van der Waals surface area contributed by atoms with Gasteiger partial charge in [0.2, 0.25) is 10.0 Å². The monoisotopic (exact) mass is 432 g/mol. The molecule has 0 spiro atoms. The van der Waals surface area contributed by atoms with Crippen LogP contribution in [0, 0.1) is 11.8 Å². The molecule has 0 saturated carbocycles. The zero-order chi connectivity index (χ0) is 21.8. The van der Waals surface area contributed by atoms with Gasteiger partial charge in [-0.3, -0.25) is 0 Å². The number of hydrogen-bond acceptors (Lipinski definition) is 4. The highest BCUT2D eigenvalue weighted by Gasteiger charge is 2.28. The molecule has 3 aromatic carbocycles. The second kappa shape index (κ2) is 8.64. The Morgan fingerprint density at radius 3 is 2.26 bits per heavy atom. The fourth-order valence-electron chi connectivity index (χ4n) is 3.66. The van der Waals surface area contributed by atoms with Crippen molar-refractivity contribution in [1.29, 1.82) is 0 Å². The summed E-state index contributed by atoms with van der Waals surface area (Å²) in [6, 6.07) is 22.2. The summed E-state index contributed by atoms with van der Waals surface area (Å²) in [5, 5.41) is 7.71. The van der Waals surface area contributed by atoms with Gasteiger partial charge >= 0.3 is 6.09 Å². The first-order valence-electron chi connectivity index (χ1n) is 9.64. The van der Waals surface area contributed by atoms with E-state index in [-0.39, 0.29) is 24.0 Å². The molecule has 1 aliphatic carbocycles. The third-order valence-electron chi connectivity index (χ3n) is 5.06. The molecule has 1 aliphatic rings. The fraction of sp³-hybridized carbons (Fsp3) is 0.125. The van der Waals surface area contributed by atoms with Gasteiger partial charge in [0, 0.05) is 11.5 Å². The van der Waals surface area contributed by atoms with Gasteiger partial charge < -0.3 is 10.1 Å². The number of alkyl carbamates (subject to hydrolysis) is 1. The van der Waals surface area contributed by atoms with Crippen molar-refractivity contribution in [2.45, 2.75) is 10.8 Å². The number of carbonyl (C=O) groups excluding carboxylic acids is 1. The Bertz CT molecular complexity index is 1260. The molecule has 0 atom stereocenters. The lowest BCUT2D eigenvalue weighted by Gasteiger charge is -2.14. The molecule has 0 radical (unpaired) electrons. The molecule has 1 amide bonds. The van der Waals surface area contributed by atoms with Crippen LogP contribution in [0.5, 0.6) is 0 Å². The summed E-state index contributed by atoms with van der Waals surface area (Å²) in [5.41, 5.74) is 5.11. The van der Waals surface area contributed by atoms with Crippen molar-refractivity contribution in [3.63, 3.8) is 0 Å². The minimum absolute atomic E-state index is 0.00909. The standard InChI is InChI=1S/C24H20N2O4S/c25-31(28,29)18-9-5-7-17(15-18)8-6-14-26-24(27)30-16-23-21-12-3-1-10-19(21)20-11-2-4-13-22(20)23/h1-5,7,9-13,15,23H,14,16H2,(H,26,27)(H2,25,28,29). The molecule has 156 valence electrons. The van der Waals surface area contributed by atoms with E-state index in [1.165, 1.54) is 23.3 Å². The summed E-state index contributed by atoms with van der Waals surface area (Å²) >= 11 is 0. The van der Waals surface area contributed by atoms with Crippen LogP contribution < -0.4 is 10.5 Å². The number of sulfonamides is 1. The first-order valence-corrected chi connectivity index (χ1v) is 11.2. The minimum Gasteiger partial charge on any atom is -0.449 e. The van der Waals surface area contributed by atoms with Gasteiger partial charge in [0.1, 0.15) is 6.61 Å². The van der Waals surface area contributed by atoms with Crippen molar-refractivity contribution in [1.82, 2.24) is 5.32 Å². The van der Waals surface area contributed by atoms with E-state index in [0.717, 1.165) is 11.1 Å². The highest BCUT2D eigenvalue weighted by atomic mass is 32.2. The molecular weight excluding hydrogens is 412 g/mol. The predicted molar refractivity (Wildman–Crippen MR) is 118 cm³/mol. The average molecular weight is 433 g/mol. The molecule has 0 aliphatic heterocycles. The summed E-state index contributed by atoms with van der Waals surface area (Å²) < 4.78 is 28.2. The molecular formula is C24H20N2O4S. The van der Waals surface area contributed by atoms with E-state index in [0.29, 0.717) is 5.56 Å². The first kappa shape index (κ1) is 20.7. The van der Waals surface area contributed by atoms with Gasteiger partial charge in [0.25, 0.3) is 0 Å². The summed E-state index contributed by atoms with van der Waals surface area (Å²) in [5.74, 6) is 5.56. The maximum atomic E-state index is 12.1. The Labute approximate surface area is 181 Å². The van der Waals surface area contributed by atoms with Crippen LogP contribution in [0.1, 0.15) is 22.6 Å². The number of carbonyl (C=O) groups is 1. The number of hydrogen-bond donors (Lipinski definition) is 2. The molecule has 0 heterocycles. The van der Waals surface area contributed by atoms with Gasteiger partial charge in [-0.2, -0.15) is 0 Å². The van der Waals surface area contributed by atoms with Crippen LogP contribution in [0.2, 0.25) is 0 Å². The van der Waals surface area contributed by atoms with Crippen LogP contribution in [-0.4, -0.2) is 27.7 Å². The Hall–Kier alpha value is -3.60. The molecule has 6 nitrogen and oxygen atoms in total. The number of nitrogens with one attached hydrogen (secondary N) is 1. The lowest BCUT2D eigenvalue weighted by molar-refractivity contribution is 0.144. The molecule has 0 bridgehead atoms. The highest BCUT2D eigenvalue weighted by Crippen LogP contribution is 2.44. The maximum Gasteiger partial charge on any atom is 0.407 e. The zero-order valence-corrected chi connectivity index (χ0v) is 17.4. The third-order valence-corrected chi connectivity index (χ3v) is 5.97. The van der Waals surface area contributed by atoms with E-state index < -0.39 is 16.1 Å². The number of ether oxygens (including phenoxy) is 1. The van der Waals surface area contributed by atoms with Crippen LogP contribution in [0.15, 0.2) is 77.7 Å². The summed E-state index contributed by atoms with van der Waals surface area (Å²) in [4.78, 5) is 12.1. The molecule has 0 unspecified atom stereocenters. The average Bonchev–Trinajstić information content (AvgIpc) is 3.09. The Balaban J connectivity index is 1.35. The molecule has 0 fully saturated rings. The second-order valence-electron chi connectivity index (χ2n) is 7.05. The normalized spacial score (nSPS) is 12.3. The molecule has 0 aromatic heterocycles.